The quantitative estimate of drug-likeness (QED) is 0.448. The zero-order valence-corrected chi connectivity index (χ0v) is 4.76. The molecule has 1 aliphatic rings. The van der Waals surface area contributed by atoms with E-state index in [-0.39, 0.29) is 5.38 Å². The van der Waals surface area contributed by atoms with Crippen molar-refractivity contribution < 1.29 is 0 Å². The Morgan fingerprint density at radius 3 is 2.88 bits per heavy atom. The summed E-state index contributed by atoms with van der Waals surface area (Å²) < 4.78 is 0. The summed E-state index contributed by atoms with van der Waals surface area (Å²) in [5, 5.41) is 7.96. The molecule has 0 spiro atoms. The van der Waals surface area contributed by atoms with Gasteiger partial charge in [0.25, 0.3) is 0 Å². The highest BCUT2D eigenvalue weighted by atomic mass is 35.5. The zero-order valence-electron chi connectivity index (χ0n) is 4.00. The maximum atomic E-state index is 8.25. The molecular formula is C5H3ClN2. The number of rotatable bonds is 0. The number of allylic oxidation sites excluding steroid dienone is 1. The summed E-state index contributed by atoms with van der Waals surface area (Å²) in [6.07, 6.45) is 3.00. The van der Waals surface area contributed by atoms with Crippen molar-refractivity contribution in [1.29, 1.82) is 5.26 Å². The first-order valence-corrected chi connectivity index (χ1v) is 2.56. The van der Waals surface area contributed by atoms with Crippen LogP contribution in [0, 0.1) is 11.3 Å². The highest BCUT2D eigenvalue weighted by Crippen LogP contribution is 2.11. The summed E-state index contributed by atoms with van der Waals surface area (Å²) in [6, 6.07) is 1.92. The number of nitrogens with zero attached hydrogens (tertiary/aromatic N) is 2. The van der Waals surface area contributed by atoms with Crippen LogP contribution >= 0.6 is 11.6 Å². The van der Waals surface area contributed by atoms with Gasteiger partial charge >= 0.3 is 0 Å². The molecule has 0 radical (unpaired) electrons. The minimum absolute atomic E-state index is 0.292. The van der Waals surface area contributed by atoms with Crippen molar-refractivity contribution in [2.24, 2.45) is 4.99 Å². The zero-order chi connectivity index (χ0) is 5.98. The molecule has 3 heteroatoms. The molecule has 0 aliphatic carbocycles. The molecule has 40 valence electrons. The van der Waals surface area contributed by atoms with E-state index in [2.05, 4.69) is 4.99 Å². The molecule has 2 nitrogen and oxygen atoms in total. The van der Waals surface area contributed by atoms with E-state index in [1.807, 2.05) is 6.07 Å². The molecule has 1 aliphatic heterocycles. The summed E-state index contributed by atoms with van der Waals surface area (Å²) in [6.45, 7) is 0. The fraction of sp³-hybridized carbons (Fsp3) is 0.200. The number of hydrogen-bond acceptors (Lipinski definition) is 2. The van der Waals surface area contributed by atoms with Crippen LogP contribution in [-0.4, -0.2) is 11.6 Å². The predicted octanol–water partition coefficient (Wildman–Crippen LogP) is 1.09. The van der Waals surface area contributed by atoms with Crippen LogP contribution in [0.2, 0.25) is 0 Å². The van der Waals surface area contributed by atoms with Crippen LogP contribution in [0.4, 0.5) is 0 Å². The third-order valence-corrected chi connectivity index (χ3v) is 1.20. The Labute approximate surface area is 52.1 Å². The summed E-state index contributed by atoms with van der Waals surface area (Å²) >= 11 is 5.54. The average Bonchev–Trinajstić information content (AvgIpc) is 2.14. The molecule has 0 aromatic carbocycles. The van der Waals surface area contributed by atoms with Crippen LogP contribution in [0.5, 0.6) is 0 Å². The summed E-state index contributed by atoms with van der Waals surface area (Å²) in [5.41, 5.74) is 0.520. The average molecular weight is 127 g/mol. The first-order chi connectivity index (χ1) is 3.84. The van der Waals surface area contributed by atoms with E-state index in [9.17, 15) is 0 Å². The normalized spacial score (nSPS) is 25.0. The summed E-state index contributed by atoms with van der Waals surface area (Å²) in [5.74, 6) is 0. The standard InChI is InChI=1S/C5H3ClN2/c6-5-3-8-2-4(5)1-7/h2-3,5H. The van der Waals surface area contributed by atoms with Crippen molar-refractivity contribution in [3.8, 4) is 6.07 Å². The first-order valence-electron chi connectivity index (χ1n) is 2.12. The van der Waals surface area contributed by atoms with Crippen LogP contribution < -0.4 is 0 Å². The second kappa shape index (κ2) is 1.97. The van der Waals surface area contributed by atoms with Gasteiger partial charge in [-0.15, -0.1) is 11.6 Å². The molecule has 0 aromatic heterocycles. The van der Waals surface area contributed by atoms with Gasteiger partial charge in [0, 0.05) is 12.4 Å². The molecule has 0 saturated carbocycles. The first kappa shape index (κ1) is 5.33. The SMILES string of the molecule is N#CC1=CN=CC1Cl. The van der Waals surface area contributed by atoms with Gasteiger partial charge < -0.3 is 0 Å². The van der Waals surface area contributed by atoms with Gasteiger partial charge in [0.1, 0.15) is 5.38 Å². The highest BCUT2D eigenvalue weighted by Gasteiger charge is 2.10. The molecule has 8 heavy (non-hydrogen) atoms. The minimum atomic E-state index is -0.292. The van der Waals surface area contributed by atoms with Crippen molar-refractivity contribution in [2.45, 2.75) is 5.38 Å². The van der Waals surface area contributed by atoms with Crippen LogP contribution in [-0.2, 0) is 0 Å². The third-order valence-electron chi connectivity index (χ3n) is 0.857. The topological polar surface area (TPSA) is 36.1 Å². The Balaban J connectivity index is 2.77. The lowest BCUT2D eigenvalue weighted by molar-refractivity contribution is 1.39. The Kier molecular flexibility index (Phi) is 1.32. The Morgan fingerprint density at radius 1 is 1.88 bits per heavy atom. The Hall–Kier alpha value is -0.810. The van der Waals surface area contributed by atoms with Gasteiger partial charge in [-0.25, -0.2) is 0 Å². The van der Waals surface area contributed by atoms with Gasteiger partial charge in [-0.2, -0.15) is 5.26 Å². The number of halogens is 1. The highest BCUT2D eigenvalue weighted by molar-refractivity contribution is 6.31. The van der Waals surface area contributed by atoms with Crippen LogP contribution in [0.15, 0.2) is 16.8 Å². The summed E-state index contributed by atoms with van der Waals surface area (Å²) in [7, 11) is 0. The van der Waals surface area contributed by atoms with Gasteiger partial charge in [-0.3, -0.25) is 4.99 Å². The molecule has 0 bridgehead atoms. The lowest BCUT2D eigenvalue weighted by Crippen LogP contribution is -1.96. The van der Waals surface area contributed by atoms with E-state index in [0.717, 1.165) is 0 Å². The monoisotopic (exact) mass is 126 g/mol. The van der Waals surface area contributed by atoms with E-state index in [1.165, 1.54) is 12.4 Å². The van der Waals surface area contributed by atoms with Crippen molar-refractivity contribution >= 4 is 17.8 Å². The molecule has 1 atom stereocenters. The second-order valence-electron chi connectivity index (χ2n) is 1.40. The maximum absolute atomic E-state index is 8.25. The number of aliphatic imine (C=N–C) groups is 1. The molecule has 0 amide bonds. The molecule has 1 unspecified atom stereocenters. The fourth-order valence-electron chi connectivity index (χ4n) is 0.441. The van der Waals surface area contributed by atoms with Crippen LogP contribution in [0.3, 0.4) is 0 Å². The number of nitriles is 1. The smallest absolute Gasteiger partial charge is 0.105 e. The molecule has 0 aromatic rings. The lowest BCUT2D eigenvalue weighted by Gasteiger charge is -1.88. The van der Waals surface area contributed by atoms with Gasteiger partial charge in [0.2, 0.25) is 0 Å². The van der Waals surface area contributed by atoms with Crippen LogP contribution in [0.25, 0.3) is 0 Å². The van der Waals surface area contributed by atoms with Crippen molar-refractivity contribution in [3.63, 3.8) is 0 Å². The van der Waals surface area contributed by atoms with Crippen LogP contribution in [0.1, 0.15) is 0 Å². The second-order valence-corrected chi connectivity index (χ2v) is 1.87. The Morgan fingerprint density at radius 2 is 2.62 bits per heavy atom. The molecule has 0 saturated heterocycles. The van der Waals surface area contributed by atoms with Crippen molar-refractivity contribution in [2.75, 3.05) is 0 Å². The molecule has 1 rings (SSSR count). The minimum Gasteiger partial charge on any atom is -0.266 e. The van der Waals surface area contributed by atoms with Gasteiger partial charge in [-0.05, 0) is 0 Å². The molecular weight excluding hydrogens is 124 g/mol. The van der Waals surface area contributed by atoms with E-state index in [1.54, 1.807) is 0 Å². The van der Waals surface area contributed by atoms with E-state index < -0.39 is 0 Å². The molecule has 0 N–H and O–H groups in total. The number of alkyl halides is 1. The van der Waals surface area contributed by atoms with Crippen molar-refractivity contribution in [3.05, 3.63) is 11.8 Å². The molecule has 0 fully saturated rings. The van der Waals surface area contributed by atoms with E-state index in [0.29, 0.717) is 5.57 Å². The largest absolute Gasteiger partial charge is 0.266 e. The molecule has 1 heterocycles. The third kappa shape index (κ3) is 0.728. The van der Waals surface area contributed by atoms with Crippen molar-refractivity contribution in [1.82, 2.24) is 0 Å². The lowest BCUT2D eigenvalue weighted by atomic mass is 10.3. The van der Waals surface area contributed by atoms with E-state index >= 15 is 0 Å². The van der Waals surface area contributed by atoms with E-state index in [4.69, 9.17) is 16.9 Å². The Bertz CT molecular complexity index is 187. The van der Waals surface area contributed by atoms with Gasteiger partial charge in [-0.1, -0.05) is 0 Å². The predicted molar refractivity (Wildman–Crippen MR) is 31.8 cm³/mol. The number of hydrogen-bond donors (Lipinski definition) is 0. The fourth-order valence-corrected chi connectivity index (χ4v) is 0.611. The summed E-state index contributed by atoms with van der Waals surface area (Å²) in [4.78, 5) is 3.68. The van der Waals surface area contributed by atoms with Gasteiger partial charge in [0.15, 0.2) is 0 Å². The maximum Gasteiger partial charge on any atom is 0.105 e. The van der Waals surface area contributed by atoms with Gasteiger partial charge in [0.05, 0.1) is 11.6 Å².